The largest absolute Gasteiger partial charge is 0.494 e. The van der Waals surface area contributed by atoms with Gasteiger partial charge < -0.3 is 9.47 Å². The number of hydrogen-bond acceptors (Lipinski definition) is 3. The fraction of sp³-hybridized carbons (Fsp3) is 0.136. The normalized spacial score (nSPS) is 10.4. The van der Waals surface area contributed by atoms with Crippen LogP contribution in [0.4, 0.5) is 0 Å². The average Bonchev–Trinajstić information content (AvgIpc) is 2.69. The third-order valence-corrected chi connectivity index (χ3v) is 4.74. The lowest BCUT2D eigenvalue weighted by molar-refractivity contribution is -0.134. The Balaban J connectivity index is 1.48. The highest BCUT2D eigenvalue weighted by Gasteiger charge is 2.10. The van der Waals surface area contributed by atoms with E-state index in [-0.39, 0.29) is 12.4 Å². The molecule has 0 N–H and O–H groups in total. The first kappa shape index (κ1) is 19.5. The molecule has 27 heavy (non-hydrogen) atoms. The van der Waals surface area contributed by atoms with Crippen molar-refractivity contribution in [3.05, 3.63) is 82.3 Å². The predicted octanol–water partition coefficient (Wildman–Crippen LogP) is 6.53. The van der Waals surface area contributed by atoms with Crippen molar-refractivity contribution in [1.82, 2.24) is 0 Å². The predicted molar refractivity (Wildman–Crippen MR) is 111 cm³/mol. The van der Waals surface area contributed by atoms with Gasteiger partial charge in [0.1, 0.15) is 11.5 Å². The summed E-state index contributed by atoms with van der Waals surface area (Å²) in [7, 11) is 0. The molecule has 0 aliphatic carbocycles. The van der Waals surface area contributed by atoms with Crippen LogP contribution in [0.3, 0.4) is 0 Å². The summed E-state index contributed by atoms with van der Waals surface area (Å²) >= 11 is 9.31. The van der Waals surface area contributed by atoms with Crippen molar-refractivity contribution in [3.8, 4) is 22.6 Å². The number of carbonyl (C=O) groups excluding carboxylic acids is 1. The number of halogens is 2. The van der Waals surface area contributed by atoms with E-state index >= 15 is 0 Å². The van der Waals surface area contributed by atoms with Crippen LogP contribution in [0.2, 0.25) is 5.02 Å². The molecule has 0 atom stereocenters. The van der Waals surface area contributed by atoms with Crippen molar-refractivity contribution in [2.24, 2.45) is 0 Å². The van der Waals surface area contributed by atoms with Crippen LogP contribution in [-0.4, -0.2) is 12.6 Å². The summed E-state index contributed by atoms with van der Waals surface area (Å²) < 4.78 is 11.8. The summed E-state index contributed by atoms with van der Waals surface area (Å²) in [4.78, 5) is 12.1. The molecule has 0 spiro atoms. The highest BCUT2D eigenvalue weighted by Crippen LogP contribution is 2.31. The second-order valence-corrected chi connectivity index (χ2v) is 7.18. The minimum absolute atomic E-state index is 0.278. The van der Waals surface area contributed by atoms with Gasteiger partial charge in [-0.1, -0.05) is 48.0 Å². The van der Waals surface area contributed by atoms with E-state index in [0.717, 1.165) is 21.3 Å². The third-order valence-electron chi connectivity index (χ3n) is 3.87. The number of rotatable bonds is 7. The molecule has 0 aliphatic heterocycles. The first-order valence-corrected chi connectivity index (χ1v) is 9.73. The van der Waals surface area contributed by atoms with E-state index in [2.05, 4.69) is 15.9 Å². The Morgan fingerprint density at radius 3 is 2.37 bits per heavy atom. The quantitative estimate of drug-likeness (QED) is 0.235. The summed E-state index contributed by atoms with van der Waals surface area (Å²) in [5.74, 6) is 0.952. The van der Waals surface area contributed by atoms with Gasteiger partial charge in [0.15, 0.2) is 0 Å². The highest BCUT2D eigenvalue weighted by atomic mass is 79.9. The molecule has 3 aromatic rings. The van der Waals surface area contributed by atoms with Gasteiger partial charge in [-0.05, 0) is 69.9 Å². The van der Waals surface area contributed by atoms with E-state index < -0.39 is 0 Å². The minimum atomic E-state index is -0.289. The molecule has 3 rings (SSSR count). The summed E-state index contributed by atoms with van der Waals surface area (Å²) in [6.45, 7) is 0.435. The van der Waals surface area contributed by atoms with Gasteiger partial charge in [-0.2, -0.15) is 0 Å². The van der Waals surface area contributed by atoms with Crippen LogP contribution >= 0.6 is 27.5 Å². The Morgan fingerprint density at radius 1 is 0.926 bits per heavy atom. The lowest BCUT2D eigenvalue weighted by atomic mass is 10.1. The minimum Gasteiger partial charge on any atom is -0.494 e. The zero-order valence-electron chi connectivity index (χ0n) is 14.5. The van der Waals surface area contributed by atoms with Crippen molar-refractivity contribution in [1.29, 1.82) is 0 Å². The van der Waals surface area contributed by atoms with Crippen molar-refractivity contribution in [2.75, 3.05) is 6.61 Å². The SMILES string of the molecule is O=C(CCCOc1ccc(Cl)cc1)Oc1ccc(-c2ccccc2)cc1Br. The molecule has 0 aliphatic rings. The number of hydrogen-bond donors (Lipinski definition) is 0. The molecule has 5 heteroatoms. The van der Waals surface area contributed by atoms with Crippen LogP contribution in [0.15, 0.2) is 77.3 Å². The van der Waals surface area contributed by atoms with Crippen LogP contribution in [-0.2, 0) is 4.79 Å². The molecular formula is C22H18BrClO3. The van der Waals surface area contributed by atoms with Gasteiger partial charge in [-0.3, -0.25) is 4.79 Å². The third kappa shape index (κ3) is 5.84. The molecule has 3 nitrogen and oxygen atoms in total. The maximum absolute atomic E-state index is 12.1. The van der Waals surface area contributed by atoms with Crippen molar-refractivity contribution >= 4 is 33.5 Å². The van der Waals surface area contributed by atoms with E-state index in [1.807, 2.05) is 42.5 Å². The van der Waals surface area contributed by atoms with Crippen LogP contribution in [0.5, 0.6) is 11.5 Å². The van der Waals surface area contributed by atoms with Crippen molar-refractivity contribution in [2.45, 2.75) is 12.8 Å². The second kappa shape index (κ2) is 9.58. The summed E-state index contributed by atoms with van der Waals surface area (Å²) in [6, 6.07) is 22.8. The summed E-state index contributed by atoms with van der Waals surface area (Å²) in [6.07, 6.45) is 0.849. The molecule has 0 amide bonds. The fourth-order valence-corrected chi connectivity index (χ4v) is 3.09. The molecule has 0 aromatic heterocycles. The van der Waals surface area contributed by atoms with Crippen LogP contribution < -0.4 is 9.47 Å². The Hall–Kier alpha value is -2.30. The first-order valence-electron chi connectivity index (χ1n) is 8.56. The Morgan fingerprint density at radius 2 is 1.67 bits per heavy atom. The molecule has 0 saturated carbocycles. The molecule has 138 valence electrons. The topological polar surface area (TPSA) is 35.5 Å². The number of esters is 1. The molecule has 3 aromatic carbocycles. The van der Waals surface area contributed by atoms with Gasteiger partial charge in [-0.15, -0.1) is 0 Å². The monoisotopic (exact) mass is 444 g/mol. The van der Waals surface area contributed by atoms with Gasteiger partial charge in [-0.25, -0.2) is 0 Å². The van der Waals surface area contributed by atoms with Crippen molar-refractivity contribution in [3.63, 3.8) is 0 Å². The van der Waals surface area contributed by atoms with Crippen LogP contribution in [0.25, 0.3) is 11.1 Å². The molecular weight excluding hydrogens is 428 g/mol. The average molecular weight is 446 g/mol. The van der Waals surface area contributed by atoms with Crippen LogP contribution in [0.1, 0.15) is 12.8 Å². The number of ether oxygens (including phenoxy) is 2. The smallest absolute Gasteiger partial charge is 0.311 e. The Kier molecular flexibility index (Phi) is 6.91. The Labute approximate surface area is 172 Å². The van der Waals surface area contributed by atoms with E-state index in [0.29, 0.717) is 23.8 Å². The molecule has 0 bridgehead atoms. The fourth-order valence-electron chi connectivity index (χ4n) is 2.50. The first-order chi connectivity index (χ1) is 13.1. The number of benzene rings is 3. The standard InChI is InChI=1S/C22H18BrClO3/c23-20-15-17(16-5-2-1-3-6-16)8-13-21(20)27-22(25)7-4-14-26-19-11-9-18(24)10-12-19/h1-3,5-6,8-13,15H,4,7,14H2. The Bertz CT molecular complexity index is 895. The van der Waals surface area contributed by atoms with Gasteiger partial charge in [0, 0.05) is 11.4 Å². The van der Waals surface area contributed by atoms with E-state index in [9.17, 15) is 4.79 Å². The zero-order chi connectivity index (χ0) is 19.1. The summed E-state index contributed by atoms with van der Waals surface area (Å²) in [5.41, 5.74) is 2.16. The van der Waals surface area contributed by atoms with E-state index in [4.69, 9.17) is 21.1 Å². The maximum atomic E-state index is 12.1. The molecule has 0 fully saturated rings. The molecule has 0 unspecified atom stereocenters. The molecule has 0 radical (unpaired) electrons. The van der Waals surface area contributed by atoms with Gasteiger partial charge in [0.25, 0.3) is 0 Å². The second-order valence-electron chi connectivity index (χ2n) is 5.89. The zero-order valence-corrected chi connectivity index (χ0v) is 16.9. The highest BCUT2D eigenvalue weighted by molar-refractivity contribution is 9.10. The van der Waals surface area contributed by atoms with Gasteiger partial charge in [0.2, 0.25) is 0 Å². The number of carbonyl (C=O) groups is 1. The molecule has 0 heterocycles. The summed E-state index contributed by atoms with van der Waals surface area (Å²) in [5, 5.41) is 0.662. The van der Waals surface area contributed by atoms with Gasteiger partial charge >= 0.3 is 5.97 Å². The lowest BCUT2D eigenvalue weighted by Crippen LogP contribution is -2.10. The van der Waals surface area contributed by atoms with Gasteiger partial charge in [0.05, 0.1) is 11.1 Å². The van der Waals surface area contributed by atoms with Crippen molar-refractivity contribution < 1.29 is 14.3 Å². The maximum Gasteiger partial charge on any atom is 0.311 e. The molecule has 0 saturated heterocycles. The lowest BCUT2D eigenvalue weighted by Gasteiger charge is -2.09. The van der Waals surface area contributed by atoms with E-state index in [1.54, 1.807) is 30.3 Å². The van der Waals surface area contributed by atoms with Crippen LogP contribution in [0, 0.1) is 0 Å². The van der Waals surface area contributed by atoms with E-state index in [1.165, 1.54) is 0 Å².